The minimum absolute atomic E-state index is 0.108. The van der Waals surface area contributed by atoms with Crippen LogP contribution in [-0.4, -0.2) is 36.5 Å². The molecular weight excluding hydrogens is 281 g/mol. The highest BCUT2D eigenvalue weighted by Gasteiger charge is 2.22. The van der Waals surface area contributed by atoms with Gasteiger partial charge < -0.3 is 11.1 Å². The second kappa shape index (κ2) is 7.02. The fourth-order valence-electron chi connectivity index (χ4n) is 2.56. The molecule has 0 atom stereocenters. The van der Waals surface area contributed by atoms with Gasteiger partial charge in [0.15, 0.2) is 0 Å². The summed E-state index contributed by atoms with van der Waals surface area (Å²) in [6, 6.07) is 5.03. The van der Waals surface area contributed by atoms with Gasteiger partial charge >= 0.3 is 0 Å². The lowest BCUT2D eigenvalue weighted by Crippen LogP contribution is -2.46. The van der Waals surface area contributed by atoms with Crippen LogP contribution in [0.5, 0.6) is 0 Å². The van der Waals surface area contributed by atoms with E-state index in [0.717, 1.165) is 31.5 Å². The number of benzene rings is 1. The minimum atomic E-state index is -0.437. The van der Waals surface area contributed by atoms with Crippen LogP contribution in [0, 0.1) is 5.82 Å². The number of primary amides is 1. The standard InChI is InChI=1S/C14H19ClFN3O/c15-12-2-1-10(7-13(12)16)8-19(9-14(17)20)11-3-5-18-6-4-11/h1-2,7,11,18H,3-6,8-9H2,(H2,17,20). The van der Waals surface area contributed by atoms with E-state index in [9.17, 15) is 9.18 Å². The van der Waals surface area contributed by atoms with Crippen molar-refractivity contribution in [2.45, 2.75) is 25.4 Å². The molecular formula is C14H19ClFN3O. The van der Waals surface area contributed by atoms with E-state index in [2.05, 4.69) is 5.32 Å². The van der Waals surface area contributed by atoms with Gasteiger partial charge in [-0.1, -0.05) is 17.7 Å². The van der Waals surface area contributed by atoms with Crippen molar-refractivity contribution in [1.82, 2.24) is 10.2 Å². The summed E-state index contributed by atoms with van der Waals surface area (Å²) in [5.41, 5.74) is 6.11. The molecule has 0 bridgehead atoms. The fourth-order valence-corrected chi connectivity index (χ4v) is 2.68. The van der Waals surface area contributed by atoms with Crippen LogP contribution < -0.4 is 11.1 Å². The topological polar surface area (TPSA) is 58.4 Å². The number of piperidine rings is 1. The molecule has 1 aliphatic heterocycles. The average molecular weight is 300 g/mol. The van der Waals surface area contributed by atoms with Crippen molar-refractivity contribution in [3.63, 3.8) is 0 Å². The highest BCUT2D eigenvalue weighted by Crippen LogP contribution is 2.19. The minimum Gasteiger partial charge on any atom is -0.369 e. The number of rotatable bonds is 5. The van der Waals surface area contributed by atoms with Gasteiger partial charge in [-0.05, 0) is 43.6 Å². The number of nitrogens with one attached hydrogen (secondary N) is 1. The van der Waals surface area contributed by atoms with Crippen molar-refractivity contribution >= 4 is 17.5 Å². The zero-order valence-corrected chi connectivity index (χ0v) is 12.0. The van der Waals surface area contributed by atoms with Crippen molar-refractivity contribution in [3.8, 4) is 0 Å². The zero-order chi connectivity index (χ0) is 14.5. The van der Waals surface area contributed by atoms with Crippen LogP contribution in [0.25, 0.3) is 0 Å². The van der Waals surface area contributed by atoms with Crippen LogP contribution in [0.3, 0.4) is 0 Å². The number of carbonyl (C=O) groups is 1. The number of halogens is 2. The molecule has 0 aromatic heterocycles. The molecule has 0 radical (unpaired) electrons. The van der Waals surface area contributed by atoms with E-state index in [1.54, 1.807) is 6.07 Å². The molecule has 0 saturated carbocycles. The molecule has 4 nitrogen and oxygen atoms in total. The SMILES string of the molecule is NC(=O)CN(Cc1ccc(Cl)c(F)c1)C1CCNCC1. The van der Waals surface area contributed by atoms with E-state index >= 15 is 0 Å². The van der Waals surface area contributed by atoms with Crippen LogP contribution in [0.1, 0.15) is 18.4 Å². The lowest BCUT2D eigenvalue weighted by atomic mass is 10.0. The Morgan fingerprint density at radius 2 is 2.15 bits per heavy atom. The van der Waals surface area contributed by atoms with Crippen molar-refractivity contribution < 1.29 is 9.18 Å². The van der Waals surface area contributed by atoms with Gasteiger partial charge in [-0.3, -0.25) is 9.69 Å². The Labute approximate surface area is 123 Å². The summed E-state index contributed by atoms with van der Waals surface area (Å²) in [6.07, 6.45) is 1.92. The fraction of sp³-hybridized carbons (Fsp3) is 0.500. The molecule has 3 N–H and O–H groups in total. The van der Waals surface area contributed by atoms with Crippen molar-refractivity contribution in [3.05, 3.63) is 34.6 Å². The first kappa shape index (κ1) is 15.2. The van der Waals surface area contributed by atoms with Crippen LogP contribution in [0.2, 0.25) is 5.02 Å². The summed E-state index contributed by atoms with van der Waals surface area (Å²) in [7, 11) is 0. The number of amides is 1. The van der Waals surface area contributed by atoms with Crippen LogP contribution in [0.4, 0.5) is 4.39 Å². The first-order valence-corrected chi connectivity index (χ1v) is 7.11. The van der Waals surface area contributed by atoms with E-state index in [4.69, 9.17) is 17.3 Å². The van der Waals surface area contributed by atoms with Crippen molar-refractivity contribution in [1.29, 1.82) is 0 Å². The molecule has 0 aliphatic carbocycles. The maximum atomic E-state index is 13.5. The van der Waals surface area contributed by atoms with Crippen molar-refractivity contribution in [2.24, 2.45) is 5.73 Å². The first-order chi connectivity index (χ1) is 9.56. The predicted molar refractivity (Wildman–Crippen MR) is 76.9 cm³/mol. The Bertz CT molecular complexity index is 477. The van der Waals surface area contributed by atoms with Gasteiger partial charge in [0.25, 0.3) is 0 Å². The largest absolute Gasteiger partial charge is 0.369 e. The predicted octanol–water partition coefficient (Wildman–Crippen LogP) is 1.52. The van der Waals surface area contributed by atoms with E-state index in [0.29, 0.717) is 12.6 Å². The molecule has 20 heavy (non-hydrogen) atoms. The highest BCUT2D eigenvalue weighted by molar-refractivity contribution is 6.30. The van der Waals surface area contributed by atoms with E-state index < -0.39 is 5.82 Å². The third kappa shape index (κ3) is 4.16. The molecule has 1 aromatic carbocycles. The quantitative estimate of drug-likeness (QED) is 0.867. The summed E-state index contributed by atoms with van der Waals surface area (Å²) in [5, 5.41) is 3.39. The maximum Gasteiger partial charge on any atom is 0.231 e. The number of nitrogens with zero attached hydrogens (tertiary/aromatic N) is 1. The Kier molecular flexibility index (Phi) is 5.34. The normalized spacial score (nSPS) is 16.6. The smallest absolute Gasteiger partial charge is 0.231 e. The average Bonchev–Trinajstić information content (AvgIpc) is 2.43. The number of nitrogens with two attached hydrogens (primary N) is 1. The Balaban J connectivity index is 2.09. The molecule has 0 spiro atoms. The molecule has 1 saturated heterocycles. The Morgan fingerprint density at radius 3 is 2.75 bits per heavy atom. The number of carbonyl (C=O) groups excluding carboxylic acids is 1. The van der Waals surface area contributed by atoms with Gasteiger partial charge in [-0.2, -0.15) is 0 Å². The van der Waals surface area contributed by atoms with Gasteiger partial charge in [0.2, 0.25) is 5.91 Å². The molecule has 2 rings (SSSR count). The van der Waals surface area contributed by atoms with E-state index in [1.807, 2.05) is 4.90 Å². The number of hydrogen-bond acceptors (Lipinski definition) is 3. The summed E-state index contributed by atoms with van der Waals surface area (Å²) in [5.74, 6) is -0.800. The van der Waals surface area contributed by atoms with Gasteiger partial charge in [-0.15, -0.1) is 0 Å². The number of hydrogen-bond donors (Lipinski definition) is 2. The Hall–Kier alpha value is -1.17. The molecule has 1 aromatic rings. The second-order valence-corrected chi connectivity index (χ2v) is 5.51. The zero-order valence-electron chi connectivity index (χ0n) is 11.2. The Morgan fingerprint density at radius 1 is 1.45 bits per heavy atom. The second-order valence-electron chi connectivity index (χ2n) is 5.10. The first-order valence-electron chi connectivity index (χ1n) is 6.73. The molecule has 0 unspecified atom stereocenters. The lowest BCUT2D eigenvalue weighted by molar-refractivity contribution is -0.120. The summed E-state index contributed by atoms with van der Waals surface area (Å²) < 4.78 is 13.5. The third-order valence-electron chi connectivity index (χ3n) is 3.55. The third-order valence-corrected chi connectivity index (χ3v) is 3.86. The summed E-state index contributed by atoms with van der Waals surface area (Å²) in [4.78, 5) is 13.3. The summed E-state index contributed by atoms with van der Waals surface area (Å²) >= 11 is 5.68. The van der Waals surface area contributed by atoms with Gasteiger partial charge in [0, 0.05) is 12.6 Å². The van der Waals surface area contributed by atoms with Crippen molar-refractivity contribution in [2.75, 3.05) is 19.6 Å². The monoisotopic (exact) mass is 299 g/mol. The lowest BCUT2D eigenvalue weighted by Gasteiger charge is -2.33. The maximum absolute atomic E-state index is 13.5. The van der Waals surface area contributed by atoms with Gasteiger partial charge in [-0.25, -0.2) is 4.39 Å². The highest BCUT2D eigenvalue weighted by atomic mass is 35.5. The van der Waals surface area contributed by atoms with Gasteiger partial charge in [0.1, 0.15) is 5.82 Å². The molecule has 110 valence electrons. The summed E-state index contributed by atoms with van der Waals surface area (Å²) in [6.45, 7) is 2.54. The van der Waals surface area contributed by atoms with E-state index in [-0.39, 0.29) is 17.5 Å². The molecule has 1 amide bonds. The van der Waals surface area contributed by atoms with Crippen LogP contribution in [-0.2, 0) is 11.3 Å². The van der Waals surface area contributed by atoms with Crippen LogP contribution >= 0.6 is 11.6 Å². The molecule has 6 heteroatoms. The molecule has 1 aliphatic rings. The van der Waals surface area contributed by atoms with E-state index in [1.165, 1.54) is 12.1 Å². The van der Waals surface area contributed by atoms with Gasteiger partial charge in [0.05, 0.1) is 11.6 Å². The molecule has 1 fully saturated rings. The van der Waals surface area contributed by atoms with Crippen LogP contribution in [0.15, 0.2) is 18.2 Å². The molecule has 1 heterocycles.